The molecule has 0 saturated carbocycles. The summed E-state index contributed by atoms with van der Waals surface area (Å²) in [5.41, 5.74) is 0. The van der Waals surface area contributed by atoms with E-state index in [1.165, 1.54) is 11.3 Å². The van der Waals surface area contributed by atoms with E-state index in [-0.39, 0.29) is 12.5 Å². The third-order valence-corrected chi connectivity index (χ3v) is 4.82. The minimum atomic E-state index is -0.643. The van der Waals surface area contributed by atoms with Crippen molar-refractivity contribution < 1.29 is 14.1 Å². The van der Waals surface area contributed by atoms with Crippen LogP contribution < -0.4 is 4.74 Å². The first kappa shape index (κ1) is 18.4. The Kier molecular flexibility index (Phi) is 5.90. The lowest BCUT2D eigenvalue weighted by atomic mass is 10.3. The van der Waals surface area contributed by atoms with Gasteiger partial charge in [-0.05, 0) is 49.6 Å². The Hall–Kier alpha value is -2.38. The number of aromatic nitrogens is 2. The molecule has 1 amide bonds. The van der Waals surface area contributed by atoms with Crippen molar-refractivity contribution in [2.45, 2.75) is 26.5 Å². The van der Waals surface area contributed by atoms with Gasteiger partial charge in [0.2, 0.25) is 11.7 Å². The number of carbonyl (C=O) groups is 1. The van der Waals surface area contributed by atoms with E-state index < -0.39 is 6.10 Å². The summed E-state index contributed by atoms with van der Waals surface area (Å²) in [7, 11) is 0. The number of carbonyl (C=O) groups excluding carboxylic acids is 1. The van der Waals surface area contributed by atoms with Gasteiger partial charge in [-0.1, -0.05) is 22.8 Å². The molecule has 8 heteroatoms. The van der Waals surface area contributed by atoms with Crippen LogP contribution in [-0.2, 0) is 11.3 Å². The number of halogens is 1. The third kappa shape index (κ3) is 4.42. The highest BCUT2D eigenvalue weighted by Gasteiger charge is 2.23. The fourth-order valence-electron chi connectivity index (χ4n) is 2.36. The minimum absolute atomic E-state index is 0.154. The van der Waals surface area contributed by atoms with Gasteiger partial charge in [-0.15, -0.1) is 11.3 Å². The Balaban J connectivity index is 1.64. The molecular formula is C18H18ClN3O3S. The smallest absolute Gasteiger partial charge is 0.263 e. The maximum atomic E-state index is 12.7. The molecule has 0 aliphatic rings. The highest BCUT2D eigenvalue weighted by atomic mass is 35.5. The summed E-state index contributed by atoms with van der Waals surface area (Å²) in [6.45, 7) is 4.35. The topological polar surface area (TPSA) is 68.5 Å². The molecule has 0 fully saturated rings. The van der Waals surface area contributed by atoms with Crippen molar-refractivity contribution in [2.24, 2.45) is 0 Å². The van der Waals surface area contributed by atoms with Gasteiger partial charge in [0, 0.05) is 11.6 Å². The fourth-order valence-corrected chi connectivity index (χ4v) is 3.13. The molecule has 6 nitrogen and oxygen atoms in total. The second kappa shape index (κ2) is 8.33. The number of likely N-dealkylation sites (N-methyl/N-ethyl adjacent to an activating group) is 1. The quantitative estimate of drug-likeness (QED) is 0.601. The van der Waals surface area contributed by atoms with Crippen LogP contribution in [0.5, 0.6) is 5.75 Å². The molecule has 0 aliphatic heterocycles. The molecular weight excluding hydrogens is 374 g/mol. The van der Waals surface area contributed by atoms with Crippen molar-refractivity contribution in [1.29, 1.82) is 0 Å². The molecule has 0 radical (unpaired) electrons. The minimum Gasteiger partial charge on any atom is -0.481 e. The van der Waals surface area contributed by atoms with Crippen LogP contribution in [0.25, 0.3) is 10.7 Å². The first-order valence-electron chi connectivity index (χ1n) is 8.14. The molecule has 0 spiro atoms. The van der Waals surface area contributed by atoms with E-state index in [9.17, 15) is 4.79 Å². The van der Waals surface area contributed by atoms with E-state index in [0.717, 1.165) is 4.88 Å². The van der Waals surface area contributed by atoms with Crippen LogP contribution in [0.4, 0.5) is 0 Å². The number of benzene rings is 1. The van der Waals surface area contributed by atoms with Crippen LogP contribution in [0.2, 0.25) is 5.02 Å². The van der Waals surface area contributed by atoms with E-state index in [0.29, 0.717) is 29.0 Å². The second-order valence-corrected chi connectivity index (χ2v) is 6.94. The molecule has 26 heavy (non-hydrogen) atoms. The maximum Gasteiger partial charge on any atom is 0.263 e. The molecule has 3 aromatic rings. The van der Waals surface area contributed by atoms with Crippen LogP contribution in [-0.4, -0.2) is 33.6 Å². The summed E-state index contributed by atoms with van der Waals surface area (Å²) in [6, 6.07) is 10.7. The van der Waals surface area contributed by atoms with Gasteiger partial charge in [-0.2, -0.15) is 4.98 Å². The van der Waals surface area contributed by atoms with Crippen LogP contribution in [0.15, 0.2) is 46.3 Å². The van der Waals surface area contributed by atoms with E-state index in [1.54, 1.807) is 36.1 Å². The lowest BCUT2D eigenvalue weighted by molar-refractivity contribution is -0.138. The molecule has 1 aromatic carbocycles. The summed E-state index contributed by atoms with van der Waals surface area (Å²) in [4.78, 5) is 19.6. The molecule has 0 N–H and O–H groups in total. The second-order valence-electron chi connectivity index (χ2n) is 5.56. The summed E-state index contributed by atoms with van der Waals surface area (Å²) < 4.78 is 11.0. The van der Waals surface area contributed by atoms with Gasteiger partial charge in [0.15, 0.2) is 6.10 Å². The van der Waals surface area contributed by atoms with Crippen molar-refractivity contribution in [2.75, 3.05) is 6.54 Å². The van der Waals surface area contributed by atoms with E-state index >= 15 is 0 Å². The standard InChI is InChI=1S/C18H18ClN3O3S/c1-3-22(11-16-20-17(21-25-16)15-5-4-10-26-15)18(23)12(2)24-14-8-6-13(19)7-9-14/h4-10,12H,3,11H2,1-2H3/t12-/m1/s1. The summed E-state index contributed by atoms with van der Waals surface area (Å²) in [5.74, 6) is 1.36. The van der Waals surface area contributed by atoms with Gasteiger partial charge < -0.3 is 14.2 Å². The SMILES string of the molecule is CCN(Cc1nc(-c2cccs2)no1)C(=O)[C@@H](C)Oc1ccc(Cl)cc1. The number of amides is 1. The Morgan fingerprint density at radius 2 is 2.12 bits per heavy atom. The predicted molar refractivity (Wildman–Crippen MR) is 100 cm³/mol. The Labute approximate surface area is 160 Å². The molecule has 3 rings (SSSR count). The monoisotopic (exact) mass is 391 g/mol. The van der Waals surface area contributed by atoms with Crippen molar-refractivity contribution in [3.05, 3.63) is 52.7 Å². The van der Waals surface area contributed by atoms with Crippen molar-refractivity contribution >= 4 is 28.8 Å². The van der Waals surface area contributed by atoms with Gasteiger partial charge in [0.05, 0.1) is 4.88 Å². The molecule has 0 unspecified atom stereocenters. The van der Waals surface area contributed by atoms with Crippen molar-refractivity contribution in [3.8, 4) is 16.5 Å². The average molecular weight is 392 g/mol. The zero-order valence-corrected chi connectivity index (χ0v) is 16.0. The van der Waals surface area contributed by atoms with Gasteiger partial charge in [0.1, 0.15) is 12.3 Å². The molecule has 0 bridgehead atoms. The Morgan fingerprint density at radius 3 is 2.77 bits per heavy atom. The summed E-state index contributed by atoms with van der Waals surface area (Å²) in [5, 5.41) is 6.53. The van der Waals surface area contributed by atoms with Crippen LogP contribution in [0, 0.1) is 0 Å². The number of rotatable bonds is 7. The molecule has 0 saturated heterocycles. The van der Waals surface area contributed by atoms with Crippen molar-refractivity contribution in [3.63, 3.8) is 0 Å². The third-order valence-electron chi connectivity index (χ3n) is 3.70. The first-order valence-corrected chi connectivity index (χ1v) is 9.40. The highest BCUT2D eigenvalue weighted by Crippen LogP contribution is 2.22. The maximum absolute atomic E-state index is 12.7. The van der Waals surface area contributed by atoms with Crippen LogP contribution in [0.3, 0.4) is 0 Å². The summed E-state index contributed by atoms with van der Waals surface area (Å²) in [6.07, 6.45) is -0.643. The van der Waals surface area contributed by atoms with Gasteiger partial charge in [-0.25, -0.2) is 0 Å². The summed E-state index contributed by atoms with van der Waals surface area (Å²) >= 11 is 7.39. The number of thiophene rings is 1. The molecule has 2 heterocycles. The Morgan fingerprint density at radius 1 is 1.35 bits per heavy atom. The van der Waals surface area contributed by atoms with Gasteiger partial charge in [-0.3, -0.25) is 4.79 Å². The van der Waals surface area contributed by atoms with Crippen LogP contribution >= 0.6 is 22.9 Å². The number of nitrogens with zero attached hydrogens (tertiary/aromatic N) is 3. The number of ether oxygens (including phenoxy) is 1. The van der Waals surface area contributed by atoms with Gasteiger partial charge >= 0.3 is 0 Å². The molecule has 0 aliphatic carbocycles. The fraction of sp³-hybridized carbons (Fsp3) is 0.278. The molecule has 1 atom stereocenters. The van der Waals surface area contributed by atoms with Gasteiger partial charge in [0.25, 0.3) is 5.91 Å². The van der Waals surface area contributed by atoms with Crippen LogP contribution in [0.1, 0.15) is 19.7 Å². The van der Waals surface area contributed by atoms with E-state index in [1.807, 2.05) is 24.4 Å². The Bertz CT molecular complexity index is 849. The highest BCUT2D eigenvalue weighted by molar-refractivity contribution is 7.13. The average Bonchev–Trinajstić information content (AvgIpc) is 3.32. The van der Waals surface area contributed by atoms with Crippen molar-refractivity contribution in [1.82, 2.24) is 15.0 Å². The van der Waals surface area contributed by atoms with E-state index in [2.05, 4.69) is 10.1 Å². The normalized spacial score (nSPS) is 12.0. The lowest BCUT2D eigenvalue weighted by Gasteiger charge is -2.23. The zero-order valence-electron chi connectivity index (χ0n) is 14.4. The zero-order chi connectivity index (χ0) is 18.5. The number of hydrogen-bond acceptors (Lipinski definition) is 6. The molecule has 2 aromatic heterocycles. The molecule has 136 valence electrons. The van der Waals surface area contributed by atoms with E-state index in [4.69, 9.17) is 20.9 Å². The largest absolute Gasteiger partial charge is 0.481 e. The first-order chi connectivity index (χ1) is 12.6. The predicted octanol–water partition coefficient (Wildman–Crippen LogP) is 4.27. The number of hydrogen-bond donors (Lipinski definition) is 0. The lowest BCUT2D eigenvalue weighted by Crippen LogP contribution is -2.40.